The quantitative estimate of drug-likeness (QED) is 0.902. The maximum absolute atomic E-state index is 5.89. The molecule has 0 bridgehead atoms. The predicted octanol–water partition coefficient (Wildman–Crippen LogP) is 3.36. The molecule has 1 heterocycles. The first-order chi connectivity index (χ1) is 8.69. The molecule has 18 heavy (non-hydrogen) atoms. The zero-order chi connectivity index (χ0) is 13.0. The van der Waals surface area contributed by atoms with Crippen molar-refractivity contribution in [2.45, 2.75) is 12.8 Å². The number of aryl methyl sites for hydroxylation is 1. The summed E-state index contributed by atoms with van der Waals surface area (Å²) < 4.78 is 11.2. The van der Waals surface area contributed by atoms with Gasteiger partial charge in [0, 0.05) is 11.6 Å². The monoisotopic (exact) mass is 265 g/mol. The normalized spacial score (nSPS) is 12.4. The van der Waals surface area contributed by atoms with Crippen molar-refractivity contribution in [1.82, 2.24) is 0 Å². The third-order valence-corrected chi connectivity index (χ3v) is 2.93. The number of halogens is 1. The van der Waals surface area contributed by atoms with E-state index in [4.69, 9.17) is 26.5 Å². The van der Waals surface area contributed by atoms with Crippen molar-refractivity contribution in [3.8, 4) is 5.75 Å². The van der Waals surface area contributed by atoms with Crippen LogP contribution in [0.3, 0.4) is 0 Å². The third-order valence-electron chi connectivity index (χ3n) is 2.70. The SMILES string of the molecule is Cc1ccc(C(CN)COc2cccc(Cl)c2)o1. The van der Waals surface area contributed by atoms with Gasteiger partial charge in [-0.1, -0.05) is 17.7 Å². The number of ether oxygens (including phenoxy) is 1. The first-order valence-electron chi connectivity index (χ1n) is 5.84. The second-order valence-corrected chi connectivity index (χ2v) is 4.59. The molecule has 2 rings (SSSR count). The molecule has 0 amide bonds. The van der Waals surface area contributed by atoms with Crippen LogP contribution in [0, 0.1) is 6.92 Å². The number of hydrogen-bond donors (Lipinski definition) is 1. The zero-order valence-corrected chi connectivity index (χ0v) is 11.0. The topological polar surface area (TPSA) is 48.4 Å². The van der Waals surface area contributed by atoms with Crippen LogP contribution in [-0.4, -0.2) is 13.2 Å². The van der Waals surface area contributed by atoms with Crippen LogP contribution < -0.4 is 10.5 Å². The number of nitrogens with two attached hydrogens (primary N) is 1. The van der Waals surface area contributed by atoms with Gasteiger partial charge in [-0.2, -0.15) is 0 Å². The van der Waals surface area contributed by atoms with Gasteiger partial charge in [-0.15, -0.1) is 0 Å². The second kappa shape index (κ2) is 5.94. The summed E-state index contributed by atoms with van der Waals surface area (Å²) in [5, 5.41) is 0.658. The highest BCUT2D eigenvalue weighted by molar-refractivity contribution is 6.30. The lowest BCUT2D eigenvalue weighted by Crippen LogP contribution is -2.19. The number of benzene rings is 1. The van der Waals surface area contributed by atoms with Gasteiger partial charge < -0.3 is 14.9 Å². The van der Waals surface area contributed by atoms with Crippen molar-refractivity contribution in [3.05, 3.63) is 52.9 Å². The van der Waals surface area contributed by atoms with E-state index in [0.717, 1.165) is 17.3 Å². The smallest absolute Gasteiger partial charge is 0.120 e. The fraction of sp³-hybridized carbons (Fsp3) is 0.286. The van der Waals surface area contributed by atoms with Crippen molar-refractivity contribution < 1.29 is 9.15 Å². The summed E-state index contributed by atoms with van der Waals surface area (Å²) in [7, 11) is 0. The first-order valence-corrected chi connectivity index (χ1v) is 6.21. The van der Waals surface area contributed by atoms with Crippen LogP contribution in [0.5, 0.6) is 5.75 Å². The van der Waals surface area contributed by atoms with Gasteiger partial charge in [0.25, 0.3) is 0 Å². The molecule has 0 spiro atoms. The fourth-order valence-electron chi connectivity index (χ4n) is 1.69. The summed E-state index contributed by atoms with van der Waals surface area (Å²) in [4.78, 5) is 0. The Balaban J connectivity index is 1.99. The van der Waals surface area contributed by atoms with E-state index >= 15 is 0 Å². The number of furan rings is 1. The third kappa shape index (κ3) is 3.28. The van der Waals surface area contributed by atoms with Gasteiger partial charge >= 0.3 is 0 Å². The van der Waals surface area contributed by atoms with E-state index in [1.807, 2.05) is 37.3 Å². The van der Waals surface area contributed by atoms with E-state index in [1.54, 1.807) is 6.07 Å². The van der Waals surface area contributed by atoms with Crippen molar-refractivity contribution >= 4 is 11.6 Å². The lowest BCUT2D eigenvalue weighted by molar-refractivity contribution is 0.271. The van der Waals surface area contributed by atoms with E-state index in [9.17, 15) is 0 Å². The van der Waals surface area contributed by atoms with E-state index < -0.39 is 0 Å². The largest absolute Gasteiger partial charge is 0.493 e. The first kappa shape index (κ1) is 13.0. The minimum Gasteiger partial charge on any atom is -0.493 e. The van der Waals surface area contributed by atoms with E-state index in [0.29, 0.717) is 18.2 Å². The average Bonchev–Trinajstić information content (AvgIpc) is 2.77. The van der Waals surface area contributed by atoms with Crippen molar-refractivity contribution in [2.75, 3.05) is 13.2 Å². The minimum absolute atomic E-state index is 0.0534. The van der Waals surface area contributed by atoms with Crippen LogP contribution in [0.4, 0.5) is 0 Å². The van der Waals surface area contributed by atoms with Gasteiger partial charge in [0.05, 0.1) is 12.5 Å². The van der Waals surface area contributed by atoms with Gasteiger partial charge in [-0.25, -0.2) is 0 Å². The van der Waals surface area contributed by atoms with E-state index in [1.165, 1.54) is 0 Å². The summed E-state index contributed by atoms with van der Waals surface area (Å²) in [5.74, 6) is 2.53. The molecule has 0 radical (unpaired) electrons. The molecular weight excluding hydrogens is 250 g/mol. The van der Waals surface area contributed by atoms with Crippen LogP contribution in [0.2, 0.25) is 5.02 Å². The Bertz CT molecular complexity index is 510. The van der Waals surface area contributed by atoms with Crippen molar-refractivity contribution in [2.24, 2.45) is 5.73 Å². The van der Waals surface area contributed by atoms with Gasteiger partial charge in [-0.05, 0) is 37.3 Å². The predicted molar refractivity (Wildman–Crippen MR) is 72.2 cm³/mol. The maximum atomic E-state index is 5.89. The standard InChI is InChI=1S/C14H16ClNO2/c1-10-5-6-14(18-10)11(8-16)9-17-13-4-2-3-12(15)7-13/h2-7,11H,8-9,16H2,1H3. The molecule has 0 aliphatic rings. The van der Waals surface area contributed by atoms with Crippen LogP contribution in [-0.2, 0) is 0 Å². The van der Waals surface area contributed by atoms with Gasteiger partial charge in [0.1, 0.15) is 17.3 Å². The summed E-state index contributed by atoms with van der Waals surface area (Å²) in [6, 6.07) is 11.2. The molecule has 96 valence electrons. The molecule has 1 aromatic heterocycles. The summed E-state index contributed by atoms with van der Waals surface area (Å²) in [6.45, 7) is 2.87. The Kier molecular flexibility index (Phi) is 4.28. The van der Waals surface area contributed by atoms with Crippen molar-refractivity contribution in [3.63, 3.8) is 0 Å². The van der Waals surface area contributed by atoms with Gasteiger partial charge in [0.15, 0.2) is 0 Å². The number of hydrogen-bond acceptors (Lipinski definition) is 3. The van der Waals surface area contributed by atoms with E-state index in [2.05, 4.69) is 0 Å². The van der Waals surface area contributed by atoms with Crippen LogP contribution in [0.15, 0.2) is 40.8 Å². The summed E-state index contributed by atoms with van der Waals surface area (Å²) in [5.41, 5.74) is 5.74. The highest BCUT2D eigenvalue weighted by Crippen LogP contribution is 2.21. The highest BCUT2D eigenvalue weighted by Gasteiger charge is 2.14. The molecule has 3 nitrogen and oxygen atoms in total. The molecule has 1 atom stereocenters. The zero-order valence-electron chi connectivity index (χ0n) is 10.2. The Labute approximate surface area is 111 Å². The molecule has 0 saturated heterocycles. The molecule has 1 aromatic carbocycles. The Hall–Kier alpha value is -1.45. The van der Waals surface area contributed by atoms with Gasteiger partial charge in [0.2, 0.25) is 0 Å². The highest BCUT2D eigenvalue weighted by atomic mass is 35.5. The summed E-state index contributed by atoms with van der Waals surface area (Å²) >= 11 is 5.89. The lowest BCUT2D eigenvalue weighted by Gasteiger charge is -2.13. The lowest BCUT2D eigenvalue weighted by atomic mass is 10.1. The molecule has 1 unspecified atom stereocenters. The fourth-order valence-corrected chi connectivity index (χ4v) is 1.87. The minimum atomic E-state index is 0.0534. The molecule has 0 fully saturated rings. The second-order valence-electron chi connectivity index (χ2n) is 4.15. The van der Waals surface area contributed by atoms with Crippen LogP contribution in [0.25, 0.3) is 0 Å². The molecular formula is C14H16ClNO2. The molecule has 0 saturated carbocycles. The Morgan fingerprint density at radius 3 is 2.78 bits per heavy atom. The molecule has 0 aliphatic heterocycles. The molecule has 2 N–H and O–H groups in total. The molecule has 0 aliphatic carbocycles. The average molecular weight is 266 g/mol. The Morgan fingerprint density at radius 1 is 1.33 bits per heavy atom. The molecule has 2 aromatic rings. The van der Waals surface area contributed by atoms with Crippen LogP contribution in [0.1, 0.15) is 17.4 Å². The van der Waals surface area contributed by atoms with Crippen LogP contribution >= 0.6 is 11.6 Å². The maximum Gasteiger partial charge on any atom is 0.120 e. The van der Waals surface area contributed by atoms with Gasteiger partial charge in [-0.3, -0.25) is 0 Å². The Morgan fingerprint density at radius 2 is 2.17 bits per heavy atom. The number of rotatable bonds is 5. The van der Waals surface area contributed by atoms with E-state index in [-0.39, 0.29) is 5.92 Å². The molecule has 4 heteroatoms. The summed E-state index contributed by atoms with van der Waals surface area (Å²) in [6.07, 6.45) is 0. The van der Waals surface area contributed by atoms with Crippen molar-refractivity contribution in [1.29, 1.82) is 0 Å².